The molecule has 0 aliphatic carbocycles. The third-order valence-electron chi connectivity index (χ3n) is 1.80. The summed E-state index contributed by atoms with van der Waals surface area (Å²) in [5.74, 6) is 3.15. The van der Waals surface area contributed by atoms with Gasteiger partial charge in [0.15, 0.2) is 0 Å². The summed E-state index contributed by atoms with van der Waals surface area (Å²) in [5.41, 5.74) is 1.76. The zero-order chi connectivity index (χ0) is 12.0. The number of benzene rings is 1. The van der Waals surface area contributed by atoms with Crippen LogP contribution < -0.4 is 0 Å². The minimum atomic E-state index is -0.900. The van der Waals surface area contributed by atoms with E-state index in [-0.39, 0.29) is 6.61 Å². The normalized spacial score (nSPS) is 8.88. The Hall–Kier alpha value is -2.08. The van der Waals surface area contributed by atoms with Gasteiger partial charge in [-0.3, -0.25) is 4.79 Å². The number of hydrogen-bond acceptors (Lipinski definition) is 3. The summed E-state index contributed by atoms with van der Waals surface area (Å²) < 4.78 is 4.52. The predicted octanol–water partition coefficient (Wildman–Crippen LogP) is 1.48. The van der Waals surface area contributed by atoms with Crippen LogP contribution in [0, 0.1) is 18.8 Å². The SMILES string of the molecule is CCOC(=O)C(=O)C#Cc1cccc(C)c1. The Kier molecular flexibility index (Phi) is 4.28. The fraction of sp³-hybridized carbons (Fsp3) is 0.231. The Labute approximate surface area is 94.4 Å². The highest BCUT2D eigenvalue weighted by Crippen LogP contribution is 2.01. The van der Waals surface area contributed by atoms with Gasteiger partial charge in [0.05, 0.1) is 6.61 Å². The molecule has 82 valence electrons. The number of carbonyl (C=O) groups excluding carboxylic acids is 2. The molecule has 0 amide bonds. The molecule has 16 heavy (non-hydrogen) atoms. The molecule has 3 heteroatoms. The molecule has 0 spiro atoms. The van der Waals surface area contributed by atoms with Gasteiger partial charge in [0, 0.05) is 5.56 Å². The van der Waals surface area contributed by atoms with Crippen molar-refractivity contribution >= 4 is 11.8 Å². The Bertz CT molecular complexity index is 464. The zero-order valence-electron chi connectivity index (χ0n) is 9.24. The Morgan fingerprint density at radius 1 is 1.38 bits per heavy atom. The summed E-state index contributed by atoms with van der Waals surface area (Å²) in [5, 5.41) is 0. The number of ether oxygens (including phenoxy) is 1. The maximum absolute atomic E-state index is 11.1. The van der Waals surface area contributed by atoms with Crippen LogP contribution >= 0.6 is 0 Å². The first-order chi connectivity index (χ1) is 7.63. The quantitative estimate of drug-likeness (QED) is 0.427. The van der Waals surface area contributed by atoms with Gasteiger partial charge in [0.1, 0.15) is 0 Å². The van der Waals surface area contributed by atoms with Crippen LogP contribution in [0.1, 0.15) is 18.1 Å². The van der Waals surface area contributed by atoms with Gasteiger partial charge in [0.25, 0.3) is 0 Å². The fourth-order valence-corrected chi connectivity index (χ4v) is 1.10. The van der Waals surface area contributed by atoms with Gasteiger partial charge in [-0.15, -0.1) is 0 Å². The molecule has 0 N–H and O–H groups in total. The van der Waals surface area contributed by atoms with Crippen LogP contribution in [0.15, 0.2) is 24.3 Å². The molecule has 0 saturated heterocycles. The second kappa shape index (κ2) is 5.72. The summed E-state index contributed by atoms with van der Waals surface area (Å²) in [7, 11) is 0. The Morgan fingerprint density at radius 2 is 2.12 bits per heavy atom. The summed E-state index contributed by atoms with van der Waals surface area (Å²) in [4.78, 5) is 22.1. The molecule has 1 rings (SSSR count). The highest BCUT2D eigenvalue weighted by Gasteiger charge is 2.10. The van der Waals surface area contributed by atoms with E-state index in [0.717, 1.165) is 5.56 Å². The van der Waals surface area contributed by atoms with Gasteiger partial charge in [-0.25, -0.2) is 4.79 Å². The molecule has 1 aromatic rings. The van der Waals surface area contributed by atoms with Crippen LogP contribution in [0.25, 0.3) is 0 Å². The lowest BCUT2D eigenvalue weighted by Crippen LogP contribution is -2.15. The Morgan fingerprint density at radius 3 is 2.75 bits per heavy atom. The number of esters is 1. The van der Waals surface area contributed by atoms with Gasteiger partial charge in [-0.1, -0.05) is 18.1 Å². The zero-order valence-corrected chi connectivity index (χ0v) is 9.24. The van der Waals surface area contributed by atoms with E-state index in [1.165, 1.54) is 0 Å². The van der Waals surface area contributed by atoms with E-state index in [0.29, 0.717) is 5.56 Å². The van der Waals surface area contributed by atoms with Gasteiger partial charge >= 0.3 is 11.8 Å². The molecule has 0 aliphatic heterocycles. The lowest BCUT2D eigenvalue weighted by Gasteiger charge is -1.94. The molecule has 0 aromatic heterocycles. The third-order valence-corrected chi connectivity index (χ3v) is 1.80. The summed E-state index contributed by atoms with van der Waals surface area (Å²) in [6.45, 7) is 3.74. The molecular weight excluding hydrogens is 204 g/mol. The van der Waals surface area contributed by atoms with Crippen LogP contribution in [-0.4, -0.2) is 18.4 Å². The second-order valence-corrected chi connectivity index (χ2v) is 3.17. The highest BCUT2D eigenvalue weighted by atomic mass is 16.5. The minimum Gasteiger partial charge on any atom is -0.459 e. The van der Waals surface area contributed by atoms with Gasteiger partial charge < -0.3 is 4.74 Å². The number of Topliss-reactive ketones (excluding diaryl/α,β-unsaturated/α-hetero) is 1. The summed E-state index contributed by atoms with van der Waals surface area (Å²) >= 11 is 0. The lowest BCUT2D eigenvalue weighted by atomic mass is 10.1. The third kappa shape index (κ3) is 3.58. The molecule has 0 atom stereocenters. The first kappa shape index (κ1) is 12.0. The molecule has 0 saturated carbocycles. The van der Waals surface area contributed by atoms with E-state index < -0.39 is 11.8 Å². The van der Waals surface area contributed by atoms with Crippen molar-refractivity contribution in [2.45, 2.75) is 13.8 Å². The van der Waals surface area contributed by atoms with Crippen LogP contribution in [0.2, 0.25) is 0 Å². The molecule has 3 nitrogen and oxygen atoms in total. The topological polar surface area (TPSA) is 43.4 Å². The lowest BCUT2D eigenvalue weighted by molar-refractivity contribution is -0.150. The van der Waals surface area contributed by atoms with Crippen molar-refractivity contribution in [3.63, 3.8) is 0 Å². The molecule has 0 aliphatic rings. The van der Waals surface area contributed by atoms with E-state index in [4.69, 9.17) is 0 Å². The van der Waals surface area contributed by atoms with E-state index in [1.54, 1.807) is 13.0 Å². The summed E-state index contributed by atoms with van der Waals surface area (Å²) in [6.07, 6.45) is 0. The van der Waals surface area contributed by atoms with Crippen LogP contribution in [0.4, 0.5) is 0 Å². The monoisotopic (exact) mass is 216 g/mol. The van der Waals surface area contributed by atoms with E-state index in [2.05, 4.69) is 16.6 Å². The van der Waals surface area contributed by atoms with Crippen molar-refractivity contribution in [1.82, 2.24) is 0 Å². The molecule has 0 bridgehead atoms. The van der Waals surface area contributed by atoms with Gasteiger partial charge in [-0.05, 0) is 37.5 Å². The summed E-state index contributed by atoms with van der Waals surface area (Å²) in [6, 6.07) is 7.39. The molecule has 0 unspecified atom stereocenters. The fourth-order valence-electron chi connectivity index (χ4n) is 1.10. The predicted molar refractivity (Wildman–Crippen MR) is 59.7 cm³/mol. The van der Waals surface area contributed by atoms with Crippen molar-refractivity contribution in [3.8, 4) is 11.8 Å². The van der Waals surface area contributed by atoms with E-state index >= 15 is 0 Å². The van der Waals surface area contributed by atoms with Crippen molar-refractivity contribution < 1.29 is 14.3 Å². The van der Waals surface area contributed by atoms with Crippen LogP contribution in [0.3, 0.4) is 0 Å². The van der Waals surface area contributed by atoms with E-state index in [9.17, 15) is 9.59 Å². The van der Waals surface area contributed by atoms with E-state index in [1.807, 2.05) is 25.1 Å². The second-order valence-electron chi connectivity index (χ2n) is 3.17. The number of aryl methyl sites for hydroxylation is 1. The Balaban J connectivity index is 2.74. The molecule has 0 radical (unpaired) electrons. The van der Waals surface area contributed by atoms with Crippen molar-refractivity contribution in [3.05, 3.63) is 35.4 Å². The molecular formula is C13H12O3. The first-order valence-corrected chi connectivity index (χ1v) is 4.93. The molecule has 0 fully saturated rings. The van der Waals surface area contributed by atoms with Crippen LogP contribution in [0.5, 0.6) is 0 Å². The highest BCUT2D eigenvalue weighted by molar-refractivity contribution is 6.40. The van der Waals surface area contributed by atoms with Crippen molar-refractivity contribution in [2.24, 2.45) is 0 Å². The van der Waals surface area contributed by atoms with Crippen molar-refractivity contribution in [1.29, 1.82) is 0 Å². The number of ketones is 1. The minimum absolute atomic E-state index is 0.177. The number of hydrogen-bond donors (Lipinski definition) is 0. The van der Waals surface area contributed by atoms with Gasteiger partial charge in [0.2, 0.25) is 0 Å². The maximum atomic E-state index is 11.1. The number of rotatable bonds is 2. The average Bonchev–Trinajstić information content (AvgIpc) is 2.26. The first-order valence-electron chi connectivity index (χ1n) is 4.93. The van der Waals surface area contributed by atoms with Crippen molar-refractivity contribution in [2.75, 3.05) is 6.61 Å². The standard InChI is InChI=1S/C13H12O3/c1-3-16-13(15)12(14)8-7-11-6-4-5-10(2)9-11/h4-6,9H,3H2,1-2H3. The average molecular weight is 216 g/mol. The smallest absolute Gasteiger partial charge is 0.388 e. The van der Waals surface area contributed by atoms with Gasteiger partial charge in [-0.2, -0.15) is 0 Å². The maximum Gasteiger partial charge on any atom is 0.388 e. The molecule has 0 heterocycles. The largest absolute Gasteiger partial charge is 0.459 e. The number of carbonyl (C=O) groups is 2. The molecule has 1 aromatic carbocycles. The van der Waals surface area contributed by atoms with Crippen LogP contribution in [-0.2, 0) is 14.3 Å².